The molecule has 4 nitrogen and oxygen atoms in total. The fourth-order valence-corrected chi connectivity index (χ4v) is 2.72. The molecule has 0 saturated carbocycles. The molecule has 0 fully saturated rings. The summed E-state index contributed by atoms with van der Waals surface area (Å²) >= 11 is 0. The Hall–Kier alpha value is -2.83. The van der Waals surface area contributed by atoms with Crippen LogP contribution in [0.1, 0.15) is 26.3 Å². The number of fused-ring (bicyclic) bond motifs is 5. The standard InChI is InChI=1S/C15H6F3NO3/c16-15(17,18)7-3-1-2-4-8(7)19-13(20)11-9-5-6-10(22-9)12(11)14(19)21/h1-6H. The molecule has 7 heteroatoms. The van der Waals surface area contributed by atoms with Gasteiger partial charge in [-0.3, -0.25) is 9.59 Å². The minimum Gasteiger partial charge on any atom is -0.456 e. The number of halogens is 3. The van der Waals surface area contributed by atoms with Gasteiger partial charge in [0.05, 0.1) is 22.4 Å². The highest BCUT2D eigenvalue weighted by Gasteiger charge is 2.45. The van der Waals surface area contributed by atoms with Gasteiger partial charge in [0.2, 0.25) is 0 Å². The van der Waals surface area contributed by atoms with E-state index in [1.54, 1.807) is 0 Å². The number of nitrogens with zero attached hydrogens (tertiary/aromatic N) is 1. The lowest BCUT2D eigenvalue weighted by atomic mass is 10.1. The summed E-state index contributed by atoms with van der Waals surface area (Å²) < 4.78 is 44.5. The third-order valence-electron chi connectivity index (χ3n) is 3.63. The molecule has 22 heavy (non-hydrogen) atoms. The van der Waals surface area contributed by atoms with Crippen LogP contribution in [0.4, 0.5) is 18.9 Å². The van der Waals surface area contributed by atoms with Gasteiger partial charge in [0.15, 0.2) is 0 Å². The smallest absolute Gasteiger partial charge is 0.418 e. The second-order valence-corrected chi connectivity index (χ2v) is 4.87. The maximum atomic E-state index is 13.1. The molecule has 0 aliphatic carbocycles. The van der Waals surface area contributed by atoms with Crippen LogP contribution in [-0.2, 0) is 6.18 Å². The number of rotatable bonds is 1. The molecule has 3 aromatic rings. The van der Waals surface area contributed by atoms with E-state index in [2.05, 4.69) is 0 Å². The zero-order chi connectivity index (χ0) is 15.6. The van der Waals surface area contributed by atoms with Crippen LogP contribution < -0.4 is 4.90 Å². The minimum absolute atomic E-state index is 0.0273. The lowest BCUT2D eigenvalue weighted by Crippen LogP contribution is -2.31. The van der Waals surface area contributed by atoms with Gasteiger partial charge in [-0.15, -0.1) is 0 Å². The molecule has 1 aliphatic heterocycles. The zero-order valence-electron chi connectivity index (χ0n) is 10.8. The summed E-state index contributed by atoms with van der Waals surface area (Å²) in [6.45, 7) is 0. The summed E-state index contributed by atoms with van der Waals surface area (Å²) in [6.07, 6.45) is -4.67. The first-order chi connectivity index (χ1) is 10.4. The van der Waals surface area contributed by atoms with Crippen molar-refractivity contribution in [3.8, 4) is 0 Å². The van der Waals surface area contributed by atoms with Gasteiger partial charge in [-0.25, -0.2) is 4.90 Å². The van der Waals surface area contributed by atoms with Crippen LogP contribution in [0.5, 0.6) is 0 Å². The number of anilines is 1. The Bertz CT molecular complexity index is 881. The van der Waals surface area contributed by atoms with E-state index >= 15 is 0 Å². The summed E-state index contributed by atoms with van der Waals surface area (Å²) in [5.41, 5.74) is -1.04. The van der Waals surface area contributed by atoms with E-state index in [9.17, 15) is 22.8 Å². The predicted molar refractivity (Wildman–Crippen MR) is 70.0 cm³/mol. The van der Waals surface area contributed by atoms with Crippen molar-refractivity contribution in [3.63, 3.8) is 0 Å². The van der Waals surface area contributed by atoms with E-state index in [0.29, 0.717) is 4.90 Å². The number of hydrogen-bond donors (Lipinski definition) is 0. The first-order valence-corrected chi connectivity index (χ1v) is 6.29. The summed E-state index contributed by atoms with van der Waals surface area (Å²) in [7, 11) is 0. The number of benzene rings is 2. The van der Waals surface area contributed by atoms with Gasteiger partial charge in [0, 0.05) is 0 Å². The predicted octanol–water partition coefficient (Wildman–Crippen LogP) is 3.69. The average Bonchev–Trinajstić information content (AvgIpc) is 3.12. The Morgan fingerprint density at radius 2 is 1.41 bits per heavy atom. The van der Waals surface area contributed by atoms with E-state index in [1.165, 1.54) is 24.3 Å². The van der Waals surface area contributed by atoms with E-state index in [1.807, 2.05) is 0 Å². The maximum absolute atomic E-state index is 13.1. The SMILES string of the molecule is O=C1c2c(c3ccc2o3)C(=O)N1c1ccccc1C(F)(F)F. The molecule has 110 valence electrons. The third-order valence-corrected chi connectivity index (χ3v) is 3.63. The van der Waals surface area contributed by atoms with E-state index in [0.717, 1.165) is 12.1 Å². The van der Waals surface area contributed by atoms with Crippen molar-refractivity contribution >= 4 is 28.7 Å². The van der Waals surface area contributed by atoms with Gasteiger partial charge in [0.1, 0.15) is 11.2 Å². The molecule has 2 bridgehead atoms. The highest BCUT2D eigenvalue weighted by molar-refractivity contribution is 6.39. The molecule has 0 atom stereocenters. The van der Waals surface area contributed by atoms with Crippen LogP contribution in [0, 0.1) is 0 Å². The Kier molecular flexibility index (Phi) is 2.27. The highest BCUT2D eigenvalue weighted by atomic mass is 19.4. The average molecular weight is 305 g/mol. The summed E-state index contributed by atoms with van der Waals surface area (Å²) in [4.78, 5) is 25.4. The monoisotopic (exact) mass is 305 g/mol. The molecular weight excluding hydrogens is 299 g/mol. The van der Waals surface area contributed by atoms with Gasteiger partial charge in [0.25, 0.3) is 11.8 Å². The van der Waals surface area contributed by atoms with E-state index in [4.69, 9.17) is 4.42 Å². The van der Waals surface area contributed by atoms with Gasteiger partial charge in [-0.05, 0) is 24.3 Å². The Labute approximate surface area is 121 Å². The van der Waals surface area contributed by atoms with Crippen LogP contribution >= 0.6 is 0 Å². The number of amides is 2. The molecule has 0 unspecified atom stereocenters. The number of carbonyl (C=O) groups is 2. The molecule has 2 amide bonds. The summed E-state index contributed by atoms with van der Waals surface area (Å²) in [5, 5.41) is 0. The number of furan rings is 2. The second kappa shape index (κ2) is 3.88. The molecule has 4 rings (SSSR count). The molecule has 0 radical (unpaired) electrons. The molecule has 1 aliphatic rings. The fraction of sp³-hybridized carbons (Fsp3) is 0.0667. The Morgan fingerprint density at radius 3 is 1.95 bits per heavy atom. The van der Waals surface area contributed by atoms with Gasteiger partial charge in [-0.1, -0.05) is 12.1 Å². The Balaban J connectivity index is 1.92. The number of hydrogen-bond acceptors (Lipinski definition) is 3. The molecule has 2 aromatic heterocycles. The number of alkyl halides is 3. The second-order valence-electron chi connectivity index (χ2n) is 4.87. The van der Waals surface area contributed by atoms with E-state index in [-0.39, 0.29) is 22.3 Å². The van der Waals surface area contributed by atoms with Gasteiger partial charge in [-0.2, -0.15) is 13.2 Å². The van der Waals surface area contributed by atoms with Crippen molar-refractivity contribution in [2.24, 2.45) is 0 Å². The molecule has 0 saturated heterocycles. The molecular formula is C15H6F3NO3. The summed E-state index contributed by atoms with van der Waals surface area (Å²) in [5.74, 6) is -1.60. The minimum atomic E-state index is -4.67. The van der Waals surface area contributed by atoms with Crippen LogP contribution in [0.15, 0.2) is 40.8 Å². The lowest BCUT2D eigenvalue weighted by Gasteiger charge is -2.19. The summed E-state index contributed by atoms with van der Waals surface area (Å²) in [6, 6.07) is 7.51. The van der Waals surface area contributed by atoms with E-state index < -0.39 is 29.2 Å². The Morgan fingerprint density at radius 1 is 0.864 bits per heavy atom. The maximum Gasteiger partial charge on any atom is 0.418 e. The first kappa shape index (κ1) is 12.9. The van der Waals surface area contributed by atoms with Crippen molar-refractivity contribution in [1.29, 1.82) is 0 Å². The fourth-order valence-electron chi connectivity index (χ4n) is 2.72. The van der Waals surface area contributed by atoms with Crippen LogP contribution in [0.25, 0.3) is 11.2 Å². The van der Waals surface area contributed by atoms with Gasteiger partial charge >= 0.3 is 6.18 Å². The van der Waals surface area contributed by atoms with Crippen molar-refractivity contribution in [2.45, 2.75) is 6.18 Å². The van der Waals surface area contributed by atoms with Crippen molar-refractivity contribution in [1.82, 2.24) is 0 Å². The molecule has 1 aromatic carbocycles. The molecule has 0 spiro atoms. The van der Waals surface area contributed by atoms with Crippen molar-refractivity contribution in [3.05, 3.63) is 53.1 Å². The lowest BCUT2D eigenvalue weighted by molar-refractivity contribution is -0.137. The third kappa shape index (κ3) is 1.47. The first-order valence-electron chi connectivity index (χ1n) is 6.29. The van der Waals surface area contributed by atoms with Crippen LogP contribution in [0.2, 0.25) is 0 Å². The number of imide groups is 1. The molecule has 0 N–H and O–H groups in total. The largest absolute Gasteiger partial charge is 0.456 e. The topological polar surface area (TPSA) is 50.5 Å². The van der Waals surface area contributed by atoms with Gasteiger partial charge < -0.3 is 4.42 Å². The normalized spacial score (nSPS) is 15.1. The number of para-hydroxylation sites is 1. The highest BCUT2D eigenvalue weighted by Crippen LogP contribution is 2.42. The van der Waals surface area contributed by atoms with Crippen LogP contribution in [-0.4, -0.2) is 11.8 Å². The van der Waals surface area contributed by atoms with Crippen molar-refractivity contribution < 1.29 is 27.2 Å². The van der Waals surface area contributed by atoms with Crippen LogP contribution in [0.3, 0.4) is 0 Å². The zero-order valence-corrected chi connectivity index (χ0v) is 10.8. The van der Waals surface area contributed by atoms with Crippen molar-refractivity contribution in [2.75, 3.05) is 4.90 Å². The molecule has 3 heterocycles. The number of carbonyl (C=O) groups excluding carboxylic acids is 2. The quantitative estimate of drug-likeness (QED) is 0.644.